The van der Waals surface area contributed by atoms with Gasteiger partial charge in [0.05, 0.1) is 13.2 Å². The van der Waals surface area contributed by atoms with E-state index in [1.54, 1.807) is 0 Å². The number of aliphatic carboxylic acids is 1. The van der Waals surface area contributed by atoms with Crippen LogP contribution in [0.4, 0.5) is 0 Å². The van der Waals surface area contributed by atoms with Gasteiger partial charge in [-0.2, -0.15) is 0 Å². The monoisotopic (exact) mass is 538 g/mol. The van der Waals surface area contributed by atoms with Crippen molar-refractivity contribution in [2.75, 3.05) is 26.3 Å². The van der Waals surface area contributed by atoms with Crippen molar-refractivity contribution in [3.63, 3.8) is 0 Å². The number of ether oxygens (including phenoxy) is 2. The first kappa shape index (κ1) is 30.0. The summed E-state index contributed by atoms with van der Waals surface area (Å²) in [6.07, 6.45) is 3.06. The zero-order chi connectivity index (χ0) is 28.2. The predicted octanol–water partition coefficient (Wildman–Crippen LogP) is 4.49. The highest BCUT2D eigenvalue weighted by atomic mass is 16.5. The number of carbonyl (C=O) groups excluding carboxylic acids is 2. The Hall–Kier alpha value is -3.55. The van der Waals surface area contributed by atoms with E-state index < -0.39 is 12.0 Å². The van der Waals surface area contributed by atoms with Crippen LogP contribution < -0.4 is 14.8 Å². The lowest BCUT2D eigenvalue weighted by Crippen LogP contribution is -2.44. The van der Waals surface area contributed by atoms with Gasteiger partial charge in [0.2, 0.25) is 11.8 Å². The van der Waals surface area contributed by atoms with Crippen LogP contribution in [0.15, 0.2) is 48.5 Å². The fourth-order valence-electron chi connectivity index (χ4n) is 4.65. The van der Waals surface area contributed by atoms with Crippen LogP contribution >= 0.6 is 0 Å². The summed E-state index contributed by atoms with van der Waals surface area (Å²) in [4.78, 5) is 39.1. The van der Waals surface area contributed by atoms with Gasteiger partial charge in [-0.15, -0.1) is 0 Å². The summed E-state index contributed by atoms with van der Waals surface area (Å²) < 4.78 is 11.1. The van der Waals surface area contributed by atoms with Crippen LogP contribution in [0.3, 0.4) is 0 Å². The maximum absolute atomic E-state index is 12.7. The van der Waals surface area contributed by atoms with E-state index in [9.17, 15) is 19.5 Å². The van der Waals surface area contributed by atoms with Crippen molar-refractivity contribution in [1.82, 2.24) is 10.2 Å². The Kier molecular flexibility index (Phi) is 11.6. The number of piperidine rings is 1. The van der Waals surface area contributed by atoms with E-state index in [2.05, 4.69) is 19.2 Å². The summed E-state index contributed by atoms with van der Waals surface area (Å²) in [7, 11) is 0. The van der Waals surface area contributed by atoms with Gasteiger partial charge in [-0.3, -0.25) is 9.59 Å². The molecule has 2 amide bonds. The van der Waals surface area contributed by atoms with Crippen LogP contribution in [0.2, 0.25) is 0 Å². The first-order valence-corrected chi connectivity index (χ1v) is 14.0. The molecule has 1 heterocycles. The van der Waals surface area contributed by atoms with E-state index >= 15 is 0 Å². The van der Waals surface area contributed by atoms with E-state index in [0.717, 1.165) is 35.5 Å². The predicted molar refractivity (Wildman–Crippen MR) is 150 cm³/mol. The van der Waals surface area contributed by atoms with Gasteiger partial charge in [0.25, 0.3) is 0 Å². The van der Waals surface area contributed by atoms with Crippen LogP contribution in [0.1, 0.15) is 57.6 Å². The topological polar surface area (TPSA) is 105 Å². The zero-order valence-electron chi connectivity index (χ0n) is 23.4. The van der Waals surface area contributed by atoms with Crippen molar-refractivity contribution < 1.29 is 29.0 Å². The molecule has 0 aromatic heterocycles. The molecular formula is C31H42N2O6. The van der Waals surface area contributed by atoms with Gasteiger partial charge in [0.1, 0.15) is 17.5 Å². The second-order valence-corrected chi connectivity index (χ2v) is 10.6. The molecule has 8 heteroatoms. The average molecular weight is 539 g/mol. The van der Waals surface area contributed by atoms with E-state index in [1.165, 1.54) is 0 Å². The third-order valence-corrected chi connectivity index (χ3v) is 6.88. The number of amides is 2. The molecule has 0 bridgehead atoms. The highest BCUT2D eigenvalue weighted by molar-refractivity contribution is 5.84. The largest absolute Gasteiger partial charge is 0.494 e. The summed E-state index contributed by atoms with van der Waals surface area (Å²) in [6.45, 7) is 8.57. The van der Waals surface area contributed by atoms with Crippen molar-refractivity contribution in [3.05, 3.63) is 59.7 Å². The smallest absolute Gasteiger partial charge is 0.326 e. The lowest BCUT2D eigenvalue weighted by molar-refractivity contribution is -0.142. The number of nitrogens with one attached hydrogen (secondary N) is 1. The molecule has 1 atom stereocenters. The molecule has 0 spiro atoms. The van der Waals surface area contributed by atoms with Crippen molar-refractivity contribution in [1.29, 1.82) is 0 Å². The molecule has 1 saturated heterocycles. The number of carboxylic acids is 1. The maximum atomic E-state index is 12.7. The van der Waals surface area contributed by atoms with Crippen LogP contribution in [0.25, 0.3) is 0 Å². The summed E-state index contributed by atoms with van der Waals surface area (Å²) in [6, 6.07) is 14.2. The number of hydrogen-bond donors (Lipinski definition) is 2. The Bertz CT molecular complexity index is 1060. The molecule has 0 aliphatic carbocycles. The molecule has 2 N–H and O–H groups in total. The minimum Gasteiger partial charge on any atom is -0.494 e. The number of nitrogens with zero attached hydrogens (tertiary/aromatic N) is 1. The Labute approximate surface area is 231 Å². The van der Waals surface area contributed by atoms with E-state index in [-0.39, 0.29) is 30.6 Å². The summed E-state index contributed by atoms with van der Waals surface area (Å²) >= 11 is 0. The van der Waals surface area contributed by atoms with E-state index in [0.29, 0.717) is 45.1 Å². The fraction of sp³-hybridized carbons (Fsp3) is 0.516. The molecule has 0 saturated carbocycles. The van der Waals surface area contributed by atoms with Crippen LogP contribution in [0.5, 0.6) is 11.5 Å². The van der Waals surface area contributed by atoms with Crippen molar-refractivity contribution >= 4 is 17.8 Å². The number of carbonyl (C=O) groups is 3. The highest BCUT2D eigenvalue weighted by Crippen LogP contribution is 2.22. The number of likely N-dealkylation sites (tertiary alicyclic amines) is 1. The molecule has 3 rings (SSSR count). The molecule has 1 aliphatic rings. The number of aryl methyl sites for hydroxylation is 1. The van der Waals surface area contributed by atoms with Crippen LogP contribution in [-0.2, 0) is 27.2 Å². The lowest BCUT2D eigenvalue weighted by atomic mass is 9.92. The molecule has 8 nitrogen and oxygen atoms in total. The fourth-order valence-corrected chi connectivity index (χ4v) is 4.65. The molecule has 39 heavy (non-hydrogen) atoms. The van der Waals surface area contributed by atoms with Gasteiger partial charge >= 0.3 is 5.97 Å². The molecule has 1 fully saturated rings. The summed E-state index contributed by atoms with van der Waals surface area (Å²) in [5, 5.41) is 12.4. The zero-order valence-corrected chi connectivity index (χ0v) is 23.4. The van der Waals surface area contributed by atoms with Gasteiger partial charge in [0, 0.05) is 32.4 Å². The normalized spacial score (nSPS) is 14.6. The molecule has 2 aromatic rings. The quantitative estimate of drug-likeness (QED) is 0.367. The first-order chi connectivity index (χ1) is 18.7. The Morgan fingerprint density at radius 2 is 1.54 bits per heavy atom. The number of hydrogen-bond acceptors (Lipinski definition) is 5. The average Bonchev–Trinajstić information content (AvgIpc) is 2.92. The minimum absolute atomic E-state index is 0.123. The molecule has 0 radical (unpaired) electrons. The van der Waals surface area contributed by atoms with Gasteiger partial charge in [-0.25, -0.2) is 4.79 Å². The van der Waals surface area contributed by atoms with E-state index in [4.69, 9.17) is 9.47 Å². The first-order valence-electron chi connectivity index (χ1n) is 14.0. The Balaban J connectivity index is 1.39. The van der Waals surface area contributed by atoms with Crippen molar-refractivity contribution in [2.45, 2.75) is 65.3 Å². The van der Waals surface area contributed by atoms with E-state index in [1.807, 2.05) is 60.4 Å². The van der Waals surface area contributed by atoms with Gasteiger partial charge in [-0.05, 0) is 73.4 Å². The second kappa shape index (κ2) is 15.1. The second-order valence-electron chi connectivity index (χ2n) is 10.6. The molecule has 2 aromatic carbocycles. The van der Waals surface area contributed by atoms with Crippen LogP contribution in [-0.4, -0.2) is 60.1 Å². The Morgan fingerprint density at radius 3 is 2.10 bits per heavy atom. The maximum Gasteiger partial charge on any atom is 0.326 e. The molecule has 1 aliphatic heterocycles. The van der Waals surface area contributed by atoms with Gasteiger partial charge in [0.15, 0.2) is 0 Å². The molecule has 1 unspecified atom stereocenters. The standard InChI is InChI=1S/C31H42N2O6/c1-4-38-26-10-5-23(6-11-26)9-14-30(35)33-17-15-25(16-18-33)20-29(34)32-28(31(36)37)19-24-7-12-27(13-8-24)39-21-22(2)3/h5-8,10-13,22,25,28H,4,9,14-21H2,1-3H3,(H,32,34)(H,36,37). The third kappa shape index (κ3) is 10.3. The molecule has 212 valence electrons. The lowest BCUT2D eigenvalue weighted by Gasteiger charge is -2.32. The Morgan fingerprint density at radius 1 is 0.949 bits per heavy atom. The minimum atomic E-state index is -1.06. The van der Waals surface area contributed by atoms with Gasteiger partial charge in [-0.1, -0.05) is 38.1 Å². The van der Waals surface area contributed by atoms with Crippen LogP contribution in [0, 0.1) is 11.8 Å². The summed E-state index contributed by atoms with van der Waals surface area (Å²) in [5.74, 6) is 0.916. The summed E-state index contributed by atoms with van der Waals surface area (Å²) in [5.41, 5.74) is 1.92. The van der Waals surface area contributed by atoms with Crippen molar-refractivity contribution in [3.8, 4) is 11.5 Å². The number of rotatable bonds is 14. The third-order valence-electron chi connectivity index (χ3n) is 6.88. The number of carboxylic acid groups (broad SMARTS) is 1. The highest BCUT2D eigenvalue weighted by Gasteiger charge is 2.26. The van der Waals surface area contributed by atoms with Gasteiger partial charge < -0.3 is 24.8 Å². The SMILES string of the molecule is CCOc1ccc(CCC(=O)N2CCC(CC(=O)NC(Cc3ccc(OCC(C)C)cc3)C(=O)O)CC2)cc1. The van der Waals surface area contributed by atoms with Crippen molar-refractivity contribution in [2.24, 2.45) is 11.8 Å². The molecular weight excluding hydrogens is 496 g/mol. The number of benzene rings is 2.